The van der Waals surface area contributed by atoms with Gasteiger partial charge in [0.2, 0.25) is 0 Å². The van der Waals surface area contributed by atoms with E-state index in [1.165, 1.54) is 18.2 Å². The van der Waals surface area contributed by atoms with E-state index in [9.17, 15) is 19.1 Å². The van der Waals surface area contributed by atoms with Crippen LogP contribution in [-0.4, -0.2) is 41.1 Å². The second-order valence-electron chi connectivity index (χ2n) is 5.16. The zero-order valence-corrected chi connectivity index (χ0v) is 12.1. The topological polar surface area (TPSA) is 66.8 Å². The van der Waals surface area contributed by atoms with Gasteiger partial charge < -0.3 is 9.84 Å². The second-order valence-corrected chi connectivity index (χ2v) is 5.16. The van der Waals surface area contributed by atoms with Gasteiger partial charge in [0.15, 0.2) is 11.6 Å². The maximum Gasteiger partial charge on any atom is 0.261 e. The number of amides is 2. The normalized spacial score (nSPS) is 14.8. The Morgan fingerprint density at radius 3 is 2.17 bits per heavy atom. The lowest BCUT2D eigenvalue weighted by Gasteiger charge is -2.19. The van der Waals surface area contributed by atoms with Crippen LogP contribution in [0.1, 0.15) is 20.7 Å². The van der Waals surface area contributed by atoms with Crippen molar-refractivity contribution in [2.75, 3.05) is 13.2 Å². The summed E-state index contributed by atoms with van der Waals surface area (Å²) in [5, 5.41) is 9.98. The molecule has 1 N–H and O–H groups in total. The van der Waals surface area contributed by atoms with E-state index in [2.05, 4.69) is 0 Å². The first-order valence-corrected chi connectivity index (χ1v) is 7.08. The van der Waals surface area contributed by atoms with Crippen LogP contribution in [0.4, 0.5) is 4.39 Å². The van der Waals surface area contributed by atoms with Gasteiger partial charge in [0.05, 0.1) is 17.7 Å². The number of hydrogen-bond donors (Lipinski definition) is 1. The number of fused-ring (bicyclic) bond motifs is 1. The number of rotatable bonds is 5. The van der Waals surface area contributed by atoms with Crippen LogP contribution in [0, 0.1) is 5.82 Å². The van der Waals surface area contributed by atoms with Gasteiger partial charge in [-0.25, -0.2) is 4.39 Å². The number of imide groups is 1. The molecule has 23 heavy (non-hydrogen) atoms. The third-order valence-corrected chi connectivity index (χ3v) is 3.54. The van der Waals surface area contributed by atoms with E-state index < -0.39 is 23.7 Å². The van der Waals surface area contributed by atoms with Crippen LogP contribution < -0.4 is 4.74 Å². The Hall–Kier alpha value is -2.73. The fourth-order valence-corrected chi connectivity index (χ4v) is 2.42. The van der Waals surface area contributed by atoms with E-state index in [4.69, 9.17) is 4.74 Å². The number of nitrogens with zero attached hydrogens (tertiary/aromatic N) is 1. The highest BCUT2D eigenvalue weighted by Crippen LogP contribution is 2.22. The predicted octanol–water partition coefficient (Wildman–Crippen LogP) is 1.86. The van der Waals surface area contributed by atoms with E-state index in [0.29, 0.717) is 11.1 Å². The number of β-amino-alcohol motifs (C(OH)–C–C–N with tert-alkyl or cyclic N) is 1. The molecular formula is C17H14FNO4. The van der Waals surface area contributed by atoms with Gasteiger partial charge in [0.1, 0.15) is 12.7 Å². The fraction of sp³-hybridized carbons (Fsp3) is 0.176. The SMILES string of the molecule is O=C1c2ccccc2C(=O)N1C[C@@H](O)COc1ccccc1F. The third-order valence-electron chi connectivity index (χ3n) is 3.54. The number of ether oxygens (including phenoxy) is 1. The molecule has 2 aromatic carbocycles. The summed E-state index contributed by atoms with van der Waals surface area (Å²) in [5.74, 6) is -1.43. The van der Waals surface area contributed by atoms with Crippen LogP contribution in [0.15, 0.2) is 48.5 Å². The number of hydrogen-bond acceptors (Lipinski definition) is 4. The molecule has 5 nitrogen and oxygen atoms in total. The third kappa shape index (κ3) is 2.93. The molecule has 1 aliphatic heterocycles. The summed E-state index contributed by atoms with van der Waals surface area (Å²) in [5.41, 5.74) is 0.638. The number of carbonyl (C=O) groups excluding carboxylic acids is 2. The zero-order valence-electron chi connectivity index (χ0n) is 12.1. The summed E-state index contributed by atoms with van der Waals surface area (Å²) >= 11 is 0. The molecule has 0 bridgehead atoms. The Labute approximate surface area is 131 Å². The Morgan fingerprint density at radius 1 is 1.00 bits per heavy atom. The number of benzene rings is 2. The number of carbonyl (C=O) groups is 2. The summed E-state index contributed by atoms with van der Waals surface area (Å²) in [4.78, 5) is 25.3. The van der Waals surface area contributed by atoms with Crippen molar-refractivity contribution in [1.82, 2.24) is 4.90 Å². The van der Waals surface area contributed by atoms with Crippen LogP contribution in [0.5, 0.6) is 5.75 Å². The van der Waals surface area contributed by atoms with Crippen molar-refractivity contribution in [3.05, 3.63) is 65.5 Å². The molecule has 0 fully saturated rings. The minimum atomic E-state index is -1.11. The van der Waals surface area contributed by atoms with Crippen LogP contribution in [-0.2, 0) is 0 Å². The summed E-state index contributed by atoms with van der Waals surface area (Å²) in [6.07, 6.45) is -1.11. The van der Waals surface area contributed by atoms with Gasteiger partial charge in [0.25, 0.3) is 11.8 Å². The van der Waals surface area contributed by atoms with Gasteiger partial charge in [-0.15, -0.1) is 0 Å². The lowest BCUT2D eigenvalue weighted by Crippen LogP contribution is -2.39. The van der Waals surface area contributed by atoms with Crippen molar-refractivity contribution in [2.45, 2.75) is 6.10 Å². The highest BCUT2D eigenvalue weighted by molar-refractivity contribution is 6.21. The van der Waals surface area contributed by atoms with Gasteiger partial charge in [0, 0.05) is 0 Å². The molecule has 2 aromatic rings. The van der Waals surface area contributed by atoms with E-state index >= 15 is 0 Å². The molecule has 1 atom stereocenters. The molecule has 0 unspecified atom stereocenters. The molecule has 1 aliphatic rings. The highest BCUT2D eigenvalue weighted by Gasteiger charge is 2.36. The summed E-state index contributed by atoms with van der Waals surface area (Å²) in [6.45, 7) is -0.435. The molecule has 118 valence electrons. The minimum Gasteiger partial charge on any atom is -0.488 e. The minimum absolute atomic E-state index is 0.00825. The predicted molar refractivity (Wildman–Crippen MR) is 79.7 cm³/mol. The second kappa shape index (κ2) is 6.18. The average Bonchev–Trinajstić information content (AvgIpc) is 2.80. The van der Waals surface area contributed by atoms with E-state index in [-0.39, 0.29) is 18.9 Å². The van der Waals surface area contributed by atoms with E-state index in [1.807, 2.05) is 0 Å². The summed E-state index contributed by atoms with van der Waals surface area (Å²) in [6, 6.07) is 12.3. The van der Waals surface area contributed by atoms with Crippen molar-refractivity contribution in [1.29, 1.82) is 0 Å². The Kier molecular flexibility index (Phi) is 4.08. The van der Waals surface area contributed by atoms with Gasteiger partial charge >= 0.3 is 0 Å². The average molecular weight is 315 g/mol. The number of aliphatic hydroxyl groups excluding tert-OH is 1. The number of halogens is 1. The fourth-order valence-electron chi connectivity index (χ4n) is 2.42. The molecular weight excluding hydrogens is 301 g/mol. The maximum absolute atomic E-state index is 13.4. The Bertz CT molecular complexity index is 727. The number of para-hydroxylation sites is 1. The largest absolute Gasteiger partial charge is 0.488 e. The van der Waals surface area contributed by atoms with Gasteiger partial charge in [-0.1, -0.05) is 24.3 Å². The van der Waals surface area contributed by atoms with Crippen LogP contribution in [0.3, 0.4) is 0 Å². The van der Waals surface area contributed by atoms with Crippen molar-refractivity contribution < 1.29 is 23.8 Å². The monoisotopic (exact) mass is 315 g/mol. The number of aliphatic hydroxyl groups is 1. The molecule has 0 aliphatic carbocycles. The molecule has 0 aromatic heterocycles. The standard InChI is InChI=1S/C17H14FNO4/c18-14-7-3-4-8-15(14)23-10-11(20)9-19-16(21)12-5-1-2-6-13(12)17(19)22/h1-8,11,20H,9-10H2/t11-/m1/s1. The first kappa shape index (κ1) is 15.2. The smallest absolute Gasteiger partial charge is 0.261 e. The molecule has 0 saturated carbocycles. The molecule has 0 spiro atoms. The molecule has 6 heteroatoms. The summed E-state index contributed by atoms with van der Waals surface area (Å²) in [7, 11) is 0. The highest BCUT2D eigenvalue weighted by atomic mass is 19.1. The van der Waals surface area contributed by atoms with Crippen LogP contribution in [0.2, 0.25) is 0 Å². The zero-order chi connectivity index (χ0) is 16.4. The lowest BCUT2D eigenvalue weighted by molar-refractivity contribution is 0.0452. The van der Waals surface area contributed by atoms with Crippen molar-refractivity contribution in [3.8, 4) is 5.75 Å². The molecule has 3 rings (SSSR count). The Balaban J connectivity index is 1.63. The van der Waals surface area contributed by atoms with Crippen molar-refractivity contribution in [3.63, 3.8) is 0 Å². The quantitative estimate of drug-likeness (QED) is 0.855. The van der Waals surface area contributed by atoms with Gasteiger partial charge in [-0.2, -0.15) is 0 Å². The first-order valence-electron chi connectivity index (χ1n) is 7.08. The van der Waals surface area contributed by atoms with E-state index in [0.717, 1.165) is 4.90 Å². The van der Waals surface area contributed by atoms with Crippen LogP contribution in [0.25, 0.3) is 0 Å². The first-order chi connectivity index (χ1) is 11.1. The van der Waals surface area contributed by atoms with Gasteiger partial charge in [-0.05, 0) is 24.3 Å². The van der Waals surface area contributed by atoms with Crippen molar-refractivity contribution >= 4 is 11.8 Å². The summed E-state index contributed by atoms with van der Waals surface area (Å²) < 4.78 is 18.6. The molecule has 1 heterocycles. The molecule has 0 saturated heterocycles. The lowest BCUT2D eigenvalue weighted by atomic mass is 10.1. The molecule has 2 amide bonds. The Morgan fingerprint density at radius 2 is 1.57 bits per heavy atom. The maximum atomic E-state index is 13.4. The van der Waals surface area contributed by atoms with E-state index in [1.54, 1.807) is 30.3 Å². The van der Waals surface area contributed by atoms with Crippen LogP contribution >= 0.6 is 0 Å². The molecule has 0 radical (unpaired) electrons. The van der Waals surface area contributed by atoms with Gasteiger partial charge in [-0.3, -0.25) is 14.5 Å². The van der Waals surface area contributed by atoms with Crippen molar-refractivity contribution in [2.24, 2.45) is 0 Å².